The third-order valence-corrected chi connectivity index (χ3v) is 5.07. The van der Waals surface area contributed by atoms with Gasteiger partial charge in [0.2, 0.25) is 5.91 Å². The number of benzene rings is 2. The van der Waals surface area contributed by atoms with Gasteiger partial charge in [-0.3, -0.25) is 9.59 Å². The molecular weight excluding hydrogens is 345 g/mol. The van der Waals surface area contributed by atoms with Gasteiger partial charge in [0.05, 0.1) is 12.1 Å². The van der Waals surface area contributed by atoms with E-state index < -0.39 is 11.7 Å². The summed E-state index contributed by atoms with van der Waals surface area (Å²) in [5, 5.41) is 2.51. The molecule has 0 atom stereocenters. The lowest BCUT2D eigenvalue weighted by Gasteiger charge is -2.37. The van der Waals surface area contributed by atoms with E-state index in [4.69, 9.17) is 0 Å². The number of nitrogens with one attached hydrogen (secondary N) is 1. The van der Waals surface area contributed by atoms with Crippen molar-refractivity contribution in [3.8, 4) is 0 Å². The highest BCUT2D eigenvalue weighted by Gasteiger charge is 2.23. The molecular formula is C21H24FN3O2. The number of halogens is 1. The van der Waals surface area contributed by atoms with Crippen molar-refractivity contribution in [3.05, 3.63) is 65.0 Å². The molecule has 1 aliphatic rings. The quantitative estimate of drug-likeness (QED) is 0.901. The summed E-state index contributed by atoms with van der Waals surface area (Å²) in [6, 6.07) is 12.0. The number of nitrogens with zero attached hydrogens (tertiary/aromatic N) is 2. The van der Waals surface area contributed by atoms with Crippen molar-refractivity contribution in [2.24, 2.45) is 0 Å². The van der Waals surface area contributed by atoms with Crippen molar-refractivity contribution in [2.75, 3.05) is 37.6 Å². The summed E-state index contributed by atoms with van der Waals surface area (Å²) in [6.45, 7) is 6.77. The highest BCUT2D eigenvalue weighted by molar-refractivity contribution is 5.96. The average Bonchev–Trinajstić information content (AvgIpc) is 2.68. The van der Waals surface area contributed by atoms with Crippen molar-refractivity contribution in [3.63, 3.8) is 0 Å². The van der Waals surface area contributed by atoms with Crippen LogP contribution in [-0.2, 0) is 4.79 Å². The molecule has 142 valence electrons. The van der Waals surface area contributed by atoms with Gasteiger partial charge in [-0.15, -0.1) is 0 Å². The zero-order chi connectivity index (χ0) is 19.4. The number of rotatable bonds is 4. The molecule has 1 heterocycles. The van der Waals surface area contributed by atoms with Gasteiger partial charge < -0.3 is 15.1 Å². The lowest BCUT2D eigenvalue weighted by molar-refractivity contribution is -0.130. The van der Waals surface area contributed by atoms with Gasteiger partial charge in [-0.1, -0.05) is 24.3 Å². The Morgan fingerprint density at radius 3 is 2.41 bits per heavy atom. The van der Waals surface area contributed by atoms with Crippen molar-refractivity contribution < 1.29 is 14.0 Å². The number of carbonyl (C=O) groups is 2. The second kappa shape index (κ2) is 8.20. The zero-order valence-electron chi connectivity index (χ0n) is 15.7. The average molecular weight is 369 g/mol. The number of piperazine rings is 1. The zero-order valence-corrected chi connectivity index (χ0v) is 15.7. The molecule has 0 spiro atoms. The number of anilines is 1. The summed E-state index contributed by atoms with van der Waals surface area (Å²) in [7, 11) is 0. The fraction of sp³-hybridized carbons (Fsp3) is 0.333. The summed E-state index contributed by atoms with van der Waals surface area (Å²) in [4.78, 5) is 28.4. The molecule has 0 aliphatic carbocycles. The molecule has 3 rings (SSSR count). The second-order valence-corrected chi connectivity index (χ2v) is 6.75. The van der Waals surface area contributed by atoms with E-state index >= 15 is 0 Å². The van der Waals surface area contributed by atoms with Crippen LogP contribution >= 0.6 is 0 Å². The summed E-state index contributed by atoms with van der Waals surface area (Å²) in [5.74, 6) is -1.32. The molecule has 0 saturated carbocycles. The van der Waals surface area contributed by atoms with Gasteiger partial charge in [0.1, 0.15) is 5.82 Å². The van der Waals surface area contributed by atoms with E-state index in [0.717, 1.165) is 13.1 Å². The topological polar surface area (TPSA) is 52.6 Å². The van der Waals surface area contributed by atoms with E-state index in [0.29, 0.717) is 13.1 Å². The van der Waals surface area contributed by atoms with Crippen molar-refractivity contribution in [1.82, 2.24) is 10.2 Å². The Bertz CT molecular complexity index is 845. The Hall–Kier alpha value is -2.89. The molecule has 5 nitrogen and oxygen atoms in total. The first-order chi connectivity index (χ1) is 13.0. The Labute approximate surface area is 158 Å². The number of hydrogen-bond acceptors (Lipinski definition) is 3. The van der Waals surface area contributed by atoms with Crippen LogP contribution in [0, 0.1) is 19.7 Å². The second-order valence-electron chi connectivity index (χ2n) is 6.75. The highest BCUT2D eigenvalue weighted by atomic mass is 19.1. The number of carbonyl (C=O) groups excluding carboxylic acids is 2. The standard InChI is InChI=1S/C21H24FN3O2/c1-15-6-5-9-19(16(15)2)24-10-12-25(13-11-24)20(26)14-23-21(27)17-7-3-4-8-18(17)22/h3-9H,10-14H2,1-2H3,(H,23,27). The van der Waals surface area contributed by atoms with Crippen LogP contribution in [0.4, 0.5) is 10.1 Å². The van der Waals surface area contributed by atoms with Gasteiger partial charge in [-0.2, -0.15) is 0 Å². The summed E-state index contributed by atoms with van der Waals surface area (Å²) < 4.78 is 13.6. The normalized spacial score (nSPS) is 14.2. The van der Waals surface area contributed by atoms with Crippen LogP contribution in [0.5, 0.6) is 0 Å². The van der Waals surface area contributed by atoms with Gasteiger partial charge in [0.25, 0.3) is 5.91 Å². The molecule has 1 N–H and O–H groups in total. The van der Waals surface area contributed by atoms with Crippen LogP contribution in [0.1, 0.15) is 21.5 Å². The predicted molar refractivity (Wildman–Crippen MR) is 103 cm³/mol. The third-order valence-electron chi connectivity index (χ3n) is 5.07. The van der Waals surface area contributed by atoms with Crippen molar-refractivity contribution >= 4 is 17.5 Å². The van der Waals surface area contributed by atoms with Gasteiger partial charge in [0, 0.05) is 31.9 Å². The number of aryl methyl sites for hydroxylation is 1. The Morgan fingerprint density at radius 2 is 1.70 bits per heavy atom. The maximum atomic E-state index is 13.6. The molecule has 27 heavy (non-hydrogen) atoms. The van der Waals surface area contributed by atoms with Crippen LogP contribution in [0.25, 0.3) is 0 Å². The van der Waals surface area contributed by atoms with Crippen LogP contribution < -0.4 is 10.2 Å². The van der Waals surface area contributed by atoms with E-state index in [2.05, 4.69) is 36.2 Å². The van der Waals surface area contributed by atoms with Crippen LogP contribution in [0.15, 0.2) is 42.5 Å². The van der Waals surface area contributed by atoms with Crippen molar-refractivity contribution in [1.29, 1.82) is 0 Å². The van der Waals surface area contributed by atoms with Crippen molar-refractivity contribution in [2.45, 2.75) is 13.8 Å². The molecule has 1 saturated heterocycles. The first kappa shape index (κ1) is 18.9. The SMILES string of the molecule is Cc1cccc(N2CCN(C(=O)CNC(=O)c3ccccc3F)CC2)c1C. The number of amides is 2. The number of hydrogen-bond donors (Lipinski definition) is 1. The van der Waals surface area contributed by atoms with E-state index in [1.807, 2.05) is 6.07 Å². The Kier molecular flexibility index (Phi) is 5.74. The predicted octanol–water partition coefficient (Wildman–Crippen LogP) is 2.52. The van der Waals surface area contributed by atoms with E-state index in [1.54, 1.807) is 11.0 Å². The monoisotopic (exact) mass is 369 g/mol. The molecule has 1 fully saturated rings. The Balaban J connectivity index is 1.52. The van der Waals surface area contributed by atoms with E-state index in [-0.39, 0.29) is 18.0 Å². The molecule has 2 aromatic rings. The largest absolute Gasteiger partial charge is 0.368 e. The molecule has 0 bridgehead atoms. The molecule has 2 aromatic carbocycles. The molecule has 0 radical (unpaired) electrons. The van der Waals surface area contributed by atoms with Crippen LogP contribution in [0.2, 0.25) is 0 Å². The molecule has 6 heteroatoms. The van der Waals surface area contributed by atoms with Crippen LogP contribution in [-0.4, -0.2) is 49.4 Å². The van der Waals surface area contributed by atoms with Gasteiger partial charge in [-0.05, 0) is 43.2 Å². The minimum absolute atomic E-state index is 0.0509. The summed E-state index contributed by atoms with van der Waals surface area (Å²) in [5.41, 5.74) is 3.66. The van der Waals surface area contributed by atoms with Gasteiger partial charge in [-0.25, -0.2) is 4.39 Å². The lowest BCUT2D eigenvalue weighted by atomic mass is 10.1. The fourth-order valence-electron chi connectivity index (χ4n) is 3.28. The smallest absolute Gasteiger partial charge is 0.254 e. The highest BCUT2D eigenvalue weighted by Crippen LogP contribution is 2.23. The first-order valence-electron chi connectivity index (χ1n) is 9.09. The minimum Gasteiger partial charge on any atom is -0.368 e. The van der Waals surface area contributed by atoms with Crippen LogP contribution in [0.3, 0.4) is 0 Å². The third kappa shape index (κ3) is 4.27. The summed E-state index contributed by atoms with van der Waals surface area (Å²) in [6.07, 6.45) is 0. The maximum absolute atomic E-state index is 13.6. The minimum atomic E-state index is -0.593. The molecule has 0 unspecified atom stereocenters. The lowest BCUT2D eigenvalue weighted by Crippen LogP contribution is -2.51. The molecule has 0 aromatic heterocycles. The summed E-state index contributed by atoms with van der Waals surface area (Å²) >= 11 is 0. The maximum Gasteiger partial charge on any atom is 0.254 e. The molecule has 1 aliphatic heterocycles. The van der Waals surface area contributed by atoms with E-state index in [1.165, 1.54) is 35.0 Å². The Morgan fingerprint density at radius 1 is 1.00 bits per heavy atom. The first-order valence-corrected chi connectivity index (χ1v) is 9.09. The fourth-order valence-corrected chi connectivity index (χ4v) is 3.28. The molecule has 2 amide bonds. The van der Waals surface area contributed by atoms with Gasteiger partial charge >= 0.3 is 0 Å². The van der Waals surface area contributed by atoms with Gasteiger partial charge in [0.15, 0.2) is 0 Å². The van der Waals surface area contributed by atoms with E-state index in [9.17, 15) is 14.0 Å².